The predicted octanol–water partition coefficient (Wildman–Crippen LogP) is 1.94. The van der Waals surface area contributed by atoms with Crippen LogP contribution in [0.2, 0.25) is 0 Å². The zero-order valence-electron chi connectivity index (χ0n) is 11.6. The molecule has 0 aromatic heterocycles. The molecule has 0 heterocycles. The van der Waals surface area contributed by atoms with Crippen molar-refractivity contribution in [3.63, 3.8) is 0 Å². The Morgan fingerprint density at radius 1 is 1.45 bits per heavy atom. The van der Waals surface area contributed by atoms with Crippen molar-refractivity contribution >= 4 is 18.0 Å². The summed E-state index contributed by atoms with van der Waals surface area (Å²) in [6.45, 7) is 2.49. The molecular formula is C15H19NO4. The fourth-order valence-corrected chi connectivity index (χ4v) is 1.63. The lowest BCUT2D eigenvalue weighted by atomic mass is 10.1. The first-order valence-corrected chi connectivity index (χ1v) is 6.34. The Morgan fingerprint density at radius 2 is 2.20 bits per heavy atom. The minimum Gasteiger partial charge on any atom is -0.478 e. The highest BCUT2D eigenvalue weighted by atomic mass is 16.5. The van der Waals surface area contributed by atoms with Crippen molar-refractivity contribution in [3.8, 4) is 0 Å². The second kappa shape index (κ2) is 8.12. The Hall–Kier alpha value is -2.14. The van der Waals surface area contributed by atoms with Gasteiger partial charge in [-0.15, -0.1) is 0 Å². The SMILES string of the molecule is COCCC(C)NC(=O)c1cccc(C=CC(=O)O)c1. The zero-order valence-corrected chi connectivity index (χ0v) is 11.6. The van der Waals surface area contributed by atoms with E-state index in [2.05, 4.69) is 5.32 Å². The number of carbonyl (C=O) groups is 2. The summed E-state index contributed by atoms with van der Waals surface area (Å²) >= 11 is 0. The molecule has 5 heteroatoms. The van der Waals surface area contributed by atoms with E-state index >= 15 is 0 Å². The van der Waals surface area contributed by atoms with Crippen molar-refractivity contribution in [1.29, 1.82) is 0 Å². The molecule has 1 aromatic carbocycles. The van der Waals surface area contributed by atoms with Crippen molar-refractivity contribution in [1.82, 2.24) is 5.32 Å². The molecule has 1 rings (SSSR count). The van der Waals surface area contributed by atoms with E-state index in [4.69, 9.17) is 9.84 Å². The largest absolute Gasteiger partial charge is 0.478 e. The molecule has 5 nitrogen and oxygen atoms in total. The molecule has 1 unspecified atom stereocenters. The second-order valence-electron chi connectivity index (χ2n) is 4.45. The summed E-state index contributed by atoms with van der Waals surface area (Å²) in [4.78, 5) is 22.5. The van der Waals surface area contributed by atoms with E-state index in [1.54, 1.807) is 31.4 Å². The average molecular weight is 277 g/mol. The van der Waals surface area contributed by atoms with E-state index in [1.807, 2.05) is 6.92 Å². The van der Waals surface area contributed by atoms with Crippen LogP contribution in [0.1, 0.15) is 29.3 Å². The monoisotopic (exact) mass is 277 g/mol. The molecule has 0 saturated heterocycles. The number of hydrogen-bond acceptors (Lipinski definition) is 3. The lowest BCUT2D eigenvalue weighted by Gasteiger charge is -2.13. The number of carboxylic acids is 1. The Kier molecular flexibility index (Phi) is 6.46. The Labute approximate surface area is 118 Å². The predicted molar refractivity (Wildman–Crippen MR) is 76.5 cm³/mol. The molecule has 0 aliphatic heterocycles. The topological polar surface area (TPSA) is 75.6 Å². The van der Waals surface area contributed by atoms with Gasteiger partial charge in [0.2, 0.25) is 0 Å². The van der Waals surface area contributed by atoms with Crippen LogP contribution in [0.25, 0.3) is 6.08 Å². The standard InChI is InChI=1S/C15H19NO4/c1-11(8-9-20-2)16-15(19)13-5-3-4-12(10-13)6-7-14(17)18/h3-7,10-11H,8-9H2,1-2H3,(H,16,19)(H,17,18). The van der Waals surface area contributed by atoms with Gasteiger partial charge in [0.1, 0.15) is 0 Å². The Balaban J connectivity index is 2.68. The summed E-state index contributed by atoms with van der Waals surface area (Å²) in [5, 5.41) is 11.4. The number of hydrogen-bond donors (Lipinski definition) is 2. The van der Waals surface area contributed by atoms with Crippen molar-refractivity contribution in [2.75, 3.05) is 13.7 Å². The summed E-state index contributed by atoms with van der Waals surface area (Å²) in [6.07, 6.45) is 3.23. The maximum absolute atomic E-state index is 12.0. The van der Waals surface area contributed by atoms with Gasteiger partial charge in [0, 0.05) is 31.4 Å². The quantitative estimate of drug-likeness (QED) is 0.747. The first-order chi connectivity index (χ1) is 9.52. The third-order valence-corrected chi connectivity index (χ3v) is 2.70. The molecule has 0 bridgehead atoms. The van der Waals surface area contributed by atoms with Crippen LogP contribution in [0.3, 0.4) is 0 Å². The third kappa shape index (κ3) is 5.67. The van der Waals surface area contributed by atoms with Crippen LogP contribution in [0.4, 0.5) is 0 Å². The molecule has 2 N–H and O–H groups in total. The molecule has 0 spiro atoms. The van der Waals surface area contributed by atoms with Crippen LogP contribution in [0, 0.1) is 0 Å². The summed E-state index contributed by atoms with van der Waals surface area (Å²) in [5.41, 5.74) is 1.17. The van der Waals surface area contributed by atoms with Gasteiger partial charge in [-0.25, -0.2) is 4.79 Å². The summed E-state index contributed by atoms with van der Waals surface area (Å²) in [7, 11) is 1.62. The van der Waals surface area contributed by atoms with Crippen LogP contribution in [-0.4, -0.2) is 36.7 Å². The van der Waals surface area contributed by atoms with Gasteiger partial charge < -0.3 is 15.2 Å². The molecule has 1 aromatic rings. The number of carboxylic acid groups (broad SMARTS) is 1. The van der Waals surface area contributed by atoms with E-state index in [1.165, 1.54) is 6.08 Å². The molecule has 1 amide bonds. The van der Waals surface area contributed by atoms with Gasteiger partial charge in [0.25, 0.3) is 5.91 Å². The fraction of sp³-hybridized carbons (Fsp3) is 0.333. The van der Waals surface area contributed by atoms with Crippen molar-refractivity contribution in [3.05, 3.63) is 41.5 Å². The Morgan fingerprint density at radius 3 is 2.85 bits per heavy atom. The highest BCUT2D eigenvalue weighted by Crippen LogP contribution is 2.08. The average Bonchev–Trinajstić information content (AvgIpc) is 2.43. The minimum atomic E-state index is -1.02. The molecule has 0 saturated carbocycles. The lowest BCUT2D eigenvalue weighted by Crippen LogP contribution is -2.33. The number of nitrogens with one attached hydrogen (secondary N) is 1. The normalized spacial score (nSPS) is 12.3. The number of benzene rings is 1. The Bertz CT molecular complexity index is 496. The maximum atomic E-state index is 12.0. The molecule has 0 aliphatic carbocycles. The molecule has 0 radical (unpaired) electrons. The van der Waals surface area contributed by atoms with E-state index in [0.29, 0.717) is 17.7 Å². The van der Waals surface area contributed by atoms with E-state index < -0.39 is 5.97 Å². The smallest absolute Gasteiger partial charge is 0.328 e. The molecule has 20 heavy (non-hydrogen) atoms. The van der Waals surface area contributed by atoms with Gasteiger partial charge in [-0.2, -0.15) is 0 Å². The summed E-state index contributed by atoms with van der Waals surface area (Å²) in [5.74, 6) is -1.20. The van der Waals surface area contributed by atoms with E-state index in [0.717, 1.165) is 12.5 Å². The van der Waals surface area contributed by atoms with Gasteiger partial charge in [-0.05, 0) is 37.1 Å². The maximum Gasteiger partial charge on any atom is 0.328 e. The van der Waals surface area contributed by atoms with Gasteiger partial charge in [0.05, 0.1) is 0 Å². The van der Waals surface area contributed by atoms with Crippen LogP contribution in [0.15, 0.2) is 30.3 Å². The molecule has 1 atom stereocenters. The molecular weight excluding hydrogens is 258 g/mol. The highest BCUT2D eigenvalue weighted by molar-refractivity contribution is 5.95. The van der Waals surface area contributed by atoms with E-state index in [-0.39, 0.29) is 11.9 Å². The molecule has 0 aliphatic rings. The third-order valence-electron chi connectivity index (χ3n) is 2.70. The van der Waals surface area contributed by atoms with Crippen LogP contribution >= 0.6 is 0 Å². The number of methoxy groups -OCH3 is 1. The van der Waals surface area contributed by atoms with Crippen LogP contribution < -0.4 is 5.32 Å². The van der Waals surface area contributed by atoms with Gasteiger partial charge in [-0.3, -0.25) is 4.79 Å². The molecule has 108 valence electrons. The lowest BCUT2D eigenvalue weighted by molar-refractivity contribution is -0.131. The fourth-order valence-electron chi connectivity index (χ4n) is 1.63. The van der Waals surface area contributed by atoms with Crippen molar-refractivity contribution in [2.24, 2.45) is 0 Å². The van der Waals surface area contributed by atoms with Crippen molar-refractivity contribution < 1.29 is 19.4 Å². The van der Waals surface area contributed by atoms with E-state index in [9.17, 15) is 9.59 Å². The van der Waals surface area contributed by atoms with Crippen LogP contribution in [0.5, 0.6) is 0 Å². The summed E-state index contributed by atoms with van der Waals surface area (Å²) in [6, 6.07) is 6.82. The first-order valence-electron chi connectivity index (χ1n) is 6.34. The van der Waals surface area contributed by atoms with Crippen molar-refractivity contribution in [2.45, 2.75) is 19.4 Å². The zero-order chi connectivity index (χ0) is 15.0. The van der Waals surface area contributed by atoms with Gasteiger partial charge in [-0.1, -0.05) is 12.1 Å². The minimum absolute atomic E-state index is 0.0145. The van der Waals surface area contributed by atoms with Gasteiger partial charge >= 0.3 is 5.97 Å². The number of aliphatic carboxylic acids is 1. The molecule has 0 fully saturated rings. The second-order valence-corrected chi connectivity index (χ2v) is 4.45. The van der Waals surface area contributed by atoms with Gasteiger partial charge in [0.15, 0.2) is 0 Å². The number of ether oxygens (including phenoxy) is 1. The number of amides is 1. The number of rotatable bonds is 7. The first kappa shape index (κ1) is 15.9. The summed E-state index contributed by atoms with van der Waals surface area (Å²) < 4.78 is 4.96. The highest BCUT2D eigenvalue weighted by Gasteiger charge is 2.09. The number of carbonyl (C=O) groups excluding carboxylic acids is 1. The van der Waals surface area contributed by atoms with Crippen LogP contribution in [-0.2, 0) is 9.53 Å².